The number of halogens is 3. The zero-order chi connectivity index (χ0) is 11.8. The molecule has 0 aliphatic rings. The van der Waals surface area contributed by atoms with Gasteiger partial charge in [0.1, 0.15) is 0 Å². The highest BCUT2D eigenvalue weighted by molar-refractivity contribution is 5.68. The predicted molar refractivity (Wildman–Crippen MR) is 51.6 cm³/mol. The summed E-state index contributed by atoms with van der Waals surface area (Å²) >= 11 is 0. The van der Waals surface area contributed by atoms with E-state index in [0.717, 1.165) is 0 Å². The van der Waals surface area contributed by atoms with E-state index in [2.05, 4.69) is 15.2 Å². The molecule has 0 bridgehead atoms. The lowest BCUT2D eigenvalue weighted by atomic mass is 10.0. The van der Waals surface area contributed by atoms with Crippen molar-refractivity contribution in [3.8, 4) is 11.1 Å². The molecule has 16 heavy (non-hydrogen) atoms. The molecule has 0 fully saturated rings. The van der Waals surface area contributed by atoms with E-state index in [1.807, 2.05) is 0 Å². The van der Waals surface area contributed by atoms with Gasteiger partial charge in [0.05, 0.1) is 0 Å². The Morgan fingerprint density at radius 2 is 1.81 bits per heavy atom. The summed E-state index contributed by atoms with van der Waals surface area (Å²) in [7, 11) is 0. The maximum Gasteiger partial charge on any atom is 0.435 e. The molecular weight excluding hydrogens is 219 g/mol. The second-order valence-electron chi connectivity index (χ2n) is 3.31. The molecule has 0 saturated heterocycles. The van der Waals surface area contributed by atoms with Gasteiger partial charge in [0.15, 0.2) is 5.69 Å². The maximum absolute atomic E-state index is 12.6. The van der Waals surface area contributed by atoms with Gasteiger partial charge in [0.2, 0.25) is 0 Å². The molecule has 0 radical (unpaired) electrons. The van der Waals surface area contributed by atoms with E-state index in [9.17, 15) is 13.2 Å². The van der Waals surface area contributed by atoms with Crippen molar-refractivity contribution in [2.75, 3.05) is 0 Å². The topological polar surface area (TPSA) is 41.6 Å². The van der Waals surface area contributed by atoms with Crippen LogP contribution in [-0.2, 0) is 6.18 Å². The molecule has 0 aliphatic heterocycles. The number of aromatic nitrogens is 3. The molecule has 0 amide bonds. The van der Waals surface area contributed by atoms with Crippen molar-refractivity contribution in [1.82, 2.24) is 15.2 Å². The first-order valence-electron chi connectivity index (χ1n) is 4.52. The van der Waals surface area contributed by atoms with Gasteiger partial charge in [0, 0.05) is 23.7 Å². The van der Waals surface area contributed by atoms with Crippen LogP contribution in [0.15, 0.2) is 24.5 Å². The Morgan fingerprint density at radius 3 is 2.38 bits per heavy atom. The Kier molecular flexibility index (Phi) is 2.41. The fourth-order valence-electron chi connectivity index (χ4n) is 1.51. The molecule has 0 aromatic carbocycles. The summed E-state index contributed by atoms with van der Waals surface area (Å²) in [5.74, 6) is 0. The smallest absolute Gasteiger partial charge is 0.282 e. The second-order valence-corrected chi connectivity index (χ2v) is 3.31. The van der Waals surface area contributed by atoms with Crippen LogP contribution < -0.4 is 0 Å². The number of nitrogens with one attached hydrogen (secondary N) is 1. The number of alkyl halides is 3. The van der Waals surface area contributed by atoms with Crippen molar-refractivity contribution < 1.29 is 13.2 Å². The normalized spacial score (nSPS) is 11.8. The van der Waals surface area contributed by atoms with Gasteiger partial charge >= 0.3 is 6.18 Å². The van der Waals surface area contributed by atoms with Gasteiger partial charge in [-0.25, -0.2) is 0 Å². The highest BCUT2D eigenvalue weighted by Crippen LogP contribution is 2.36. The van der Waals surface area contributed by atoms with E-state index in [4.69, 9.17) is 0 Å². The first-order chi connectivity index (χ1) is 7.50. The van der Waals surface area contributed by atoms with Crippen molar-refractivity contribution in [3.05, 3.63) is 35.9 Å². The molecule has 0 spiro atoms. The molecule has 3 nitrogen and oxygen atoms in total. The quantitative estimate of drug-likeness (QED) is 0.813. The van der Waals surface area contributed by atoms with Crippen LogP contribution in [0.2, 0.25) is 0 Å². The SMILES string of the molecule is Cc1[nH]nc(C(F)(F)F)c1-c1ccncc1. The molecule has 0 unspecified atom stereocenters. The van der Waals surface area contributed by atoms with Gasteiger partial charge < -0.3 is 0 Å². The Hall–Kier alpha value is -1.85. The number of H-pyrrole nitrogens is 1. The Labute approximate surface area is 89.3 Å². The van der Waals surface area contributed by atoms with Crippen LogP contribution in [0.5, 0.6) is 0 Å². The van der Waals surface area contributed by atoms with Gasteiger partial charge in [-0.3, -0.25) is 10.1 Å². The van der Waals surface area contributed by atoms with Crippen molar-refractivity contribution in [2.45, 2.75) is 13.1 Å². The van der Waals surface area contributed by atoms with Gasteiger partial charge in [-0.05, 0) is 24.6 Å². The minimum atomic E-state index is -4.45. The predicted octanol–water partition coefficient (Wildman–Crippen LogP) is 2.80. The molecule has 6 heteroatoms. The van der Waals surface area contributed by atoms with Crippen LogP contribution >= 0.6 is 0 Å². The number of rotatable bonds is 1. The van der Waals surface area contributed by atoms with Gasteiger partial charge in [-0.15, -0.1) is 0 Å². The van der Waals surface area contributed by atoms with Crippen molar-refractivity contribution >= 4 is 0 Å². The lowest BCUT2D eigenvalue weighted by Gasteiger charge is -2.06. The van der Waals surface area contributed by atoms with Crippen LogP contribution in [-0.4, -0.2) is 15.2 Å². The third kappa shape index (κ3) is 1.78. The number of hydrogen-bond acceptors (Lipinski definition) is 2. The summed E-state index contributed by atoms with van der Waals surface area (Å²) in [4.78, 5) is 3.76. The monoisotopic (exact) mass is 227 g/mol. The number of hydrogen-bond donors (Lipinski definition) is 1. The molecule has 0 atom stereocenters. The molecule has 1 N–H and O–H groups in total. The first kappa shape index (κ1) is 10.7. The lowest BCUT2D eigenvalue weighted by molar-refractivity contribution is -0.140. The number of pyridine rings is 1. The molecule has 2 heterocycles. The van der Waals surface area contributed by atoms with Gasteiger partial charge in [0.25, 0.3) is 0 Å². The largest absolute Gasteiger partial charge is 0.435 e. The lowest BCUT2D eigenvalue weighted by Crippen LogP contribution is -2.07. The zero-order valence-electron chi connectivity index (χ0n) is 8.34. The molecule has 84 valence electrons. The highest BCUT2D eigenvalue weighted by Gasteiger charge is 2.37. The second kappa shape index (κ2) is 3.62. The summed E-state index contributed by atoms with van der Waals surface area (Å²) in [5.41, 5.74) is 0.0261. The Bertz CT molecular complexity index is 488. The summed E-state index contributed by atoms with van der Waals surface area (Å²) in [6.07, 6.45) is -1.56. The first-order valence-corrected chi connectivity index (χ1v) is 4.52. The van der Waals surface area contributed by atoms with Gasteiger partial charge in [-0.2, -0.15) is 18.3 Å². The van der Waals surface area contributed by atoms with Crippen LogP contribution in [0.1, 0.15) is 11.4 Å². The molecule has 0 aliphatic carbocycles. The minimum Gasteiger partial charge on any atom is -0.282 e. The molecule has 2 rings (SSSR count). The average Bonchev–Trinajstić information content (AvgIpc) is 2.61. The van der Waals surface area contributed by atoms with Gasteiger partial charge in [-0.1, -0.05) is 0 Å². The standard InChI is InChI=1S/C10H8F3N3/c1-6-8(7-2-4-14-5-3-7)9(16-15-6)10(11,12)13/h2-5H,1H3,(H,15,16). The van der Waals surface area contributed by atoms with Crippen LogP contribution in [0.3, 0.4) is 0 Å². The third-order valence-electron chi connectivity index (χ3n) is 2.18. The van der Waals surface area contributed by atoms with E-state index >= 15 is 0 Å². The van der Waals surface area contributed by atoms with Crippen LogP contribution in [0.25, 0.3) is 11.1 Å². The fourth-order valence-corrected chi connectivity index (χ4v) is 1.51. The Balaban J connectivity index is 2.61. The van der Waals surface area contributed by atoms with E-state index in [0.29, 0.717) is 11.3 Å². The van der Waals surface area contributed by atoms with E-state index in [1.165, 1.54) is 24.5 Å². The molecular formula is C10H8F3N3. The number of aromatic amines is 1. The molecule has 2 aromatic heterocycles. The van der Waals surface area contributed by atoms with Crippen LogP contribution in [0.4, 0.5) is 13.2 Å². The summed E-state index contributed by atoms with van der Waals surface area (Å²) in [5, 5.41) is 5.64. The maximum atomic E-state index is 12.6. The Morgan fingerprint density at radius 1 is 1.19 bits per heavy atom. The molecule has 0 saturated carbocycles. The fraction of sp³-hybridized carbons (Fsp3) is 0.200. The van der Waals surface area contributed by atoms with Crippen molar-refractivity contribution in [2.24, 2.45) is 0 Å². The van der Waals surface area contributed by atoms with Crippen LogP contribution in [0, 0.1) is 6.92 Å². The average molecular weight is 227 g/mol. The summed E-state index contributed by atoms with van der Waals surface area (Å²) < 4.78 is 37.9. The molecule has 2 aromatic rings. The highest BCUT2D eigenvalue weighted by atomic mass is 19.4. The van der Waals surface area contributed by atoms with E-state index in [1.54, 1.807) is 6.92 Å². The summed E-state index contributed by atoms with van der Waals surface area (Å²) in [6.45, 7) is 1.55. The zero-order valence-corrected chi connectivity index (χ0v) is 8.34. The van der Waals surface area contributed by atoms with E-state index in [-0.39, 0.29) is 5.56 Å². The summed E-state index contributed by atoms with van der Waals surface area (Å²) in [6, 6.07) is 3.04. The number of nitrogens with zero attached hydrogens (tertiary/aromatic N) is 2. The minimum absolute atomic E-state index is 0.0786. The number of aryl methyl sites for hydroxylation is 1. The van der Waals surface area contributed by atoms with Crippen molar-refractivity contribution in [3.63, 3.8) is 0 Å². The van der Waals surface area contributed by atoms with E-state index < -0.39 is 11.9 Å². The van der Waals surface area contributed by atoms with Crippen molar-refractivity contribution in [1.29, 1.82) is 0 Å². The third-order valence-corrected chi connectivity index (χ3v) is 2.18.